The number of aromatic amines is 1. The highest BCUT2D eigenvalue weighted by molar-refractivity contribution is 5.92. The fourth-order valence-corrected chi connectivity index (χ4v) is 1.04. The monoisotopic (exact) mass is 210 g/mol. The van der Waals surface area contributed by atoms with Gasteiger partial charge in [0.25, 0.3) is 0 Å². The van der Waals surface area contributed by atoms with Crippen LogP contribution in [0.15, 0.2) is 6.07 Å². The molecule has 0 saturated heterocycles. The molecule has 0 saturated carbocycles. The van der Waals surface area contributed by atoms with Crippen LogP contribution in [0.2, 0.25) is 0 Å². The summed E-state index contributed by atoms with van der Waals surface area (Å²) in [5.74, 6) is 1.28. The van der Waals surface area contributed by atoms with Crippen LogP contribution in [0, 0.1) is 5.41 Å². The molecule has 86 valence electrons. The van der Waals surface area contributed by atoms with Crippen LogP contribution in [-0.4, -0.2) is 23.1 Å². The van der Waals surface area contributed by atoms with Crippen LogP contribution in [-0.2, 0) is 5.41 Å². The van der Waals surface area contributed by atoms with Crippen LogP contribution in [0.4, 0.5) is 5.82 Å². The van der Waals surface area contributed by atoms with Gasteiger partial charge in [-0.2, -0.15) is 5.10 Å². The summed E-state index contributed by atoms with van der Waals surface area (Å²) in [6.45, 7) is 8.12. The zero-order valence-electron chi connectivity index (χ0n) is 9.47. The second kappa shape index (κ2) is 4.47. The first-order valence-corrected chi connectivity index (χ1v) is 4.67. The Labute approximate surface area is 92.2 Å². The molecule has 1 rings (SSSR count). The van der Waals surface area contributed by atoms with Crippen LogP contribution in [0.1, 0.15) is 40.8 Å². The number of anilines is 1. The summed E-state index contributed by atoms with van der Waals surface area (Å²) in [7, 11) is 1.84. The van der Waals surface area contributed by atoms with Gasteiger partial charge in [0, 0.05) is 24.2 Å². The fraction of sp³-hybridized carbons (Fsp3) is 0.636. The largest absolute Gasteiger partial charge is 0.317 e. The number of nitrogens with zero attached hydrogens (tertiary/aromatic N) is 2. The average Bonchev–Trinajstić information content (AvgIpc) is 2.49. The van der Waals surface area contributed by atoms with E-state index in [0.717, 1.165) is 11.5 Å². The molecular formula is C11H22N4. The van der Waals surface area contributed by atoms with E-state index in [9.17, 15) is 0 Å². The van der Waals surface area contributed by atoms with Gasteiger partial charge in [0.05, 0.1) is 5.84 Å². The van der Waals surface area contributed by atoms with Crippen molar-refractivity contribution in [3.05, 3.63) is 11.8 Å². The van der Waals surface area contributed by atoms with Crippen molar-refractivity contribution < 1.29 is 0 Å². The molecule has 4 nitrogen and oxygen atoms in total. The third-order valence-corrected chi connectivity index (χ3v) is 2.22. The zero-order chi connectivity index (χ0) is 10.9. The van der Waals surface area contributed by atoms with Crippen molar-refractivity contribution in [1.29, 1.82) is 5.41 Å². The SMILES string of the molecule is C.CC(=N)N(C)c1cc(C(C)(C)C)[nH]n1. The average molecular weight is 210 g/mol. The van der Waals surface area contributed by atoms with Gasteiger partial charge in [-0.25, -0.2) is 0 Å². The maximum Gasteiger partial charge on any atom is 0.155 e. The summed E-state index contributed by atoms with van der Waals surface area (Å²) in [5, 5.41) is 14.6. The van der Waals surface area contributed by atoms with Gasteiger partial charge >= 0.3 is 0 Å². The smallest absolute Gasteiger partial charge is 0.155 e. The minimum atomic E-state index is 0. The maximum atomic E-state index is 7.48. The molecule has 0 spiro atoms. The van der Waals surface area contributed by atoms with E-state index in [1.54, 1.807) is 11.8 Å². The van der Waals surface area contributed by atoms with Gasteiger partial charge < -0.3 is 4.90 Å². The van der Waals surface area contributed by atoms with E-state index in [4.69, 9.17) is 5.41 Å². The summed E-state index contributed by atoms with van der Waals surface area (Å²) in [6, 6.07) is 1.98. The number of nitrogens with one attached hydrogen (secondary N) is 2. The molecule has 1 aromatic heterocycles. The predicted molar refractivity (Wildman–Crippen MR) is 65.8 cm³/mol. The normalized spacial score (nSPS) is 10.7. The van der Waals surface area contributed by atoms with E-state index < -0.39 is 0 Å². The minimum Gasteiger partial charge on any atom is -0.317 e. The molecule has 0 unspecified atom stereocenters. The number of aromatic nitrogens is 2. The predicted octanol–water partition coefficient (Wildman–Crippen LogP) is 2.78. The summed E-state index contributed by atoms with van der Waals surface area (Å²) >= 11 is 0. The number of amidine groups is 1. The van der Waals surface area contributed by atoms with Crippen molar-refractivity contribution in [2.75, 3.05) is 11.9 Å². The molecule has 15 heavy (non-hydrogen) atoms. The molecule has 0 aliphatic rings. The van der Waals surface area contributed by atoms with Crippen molar-refractivity contribution in [1.82, 2.24) is 10.2 Å². The van der Waals surface area contributed by atoms with Crippen molar-refractivity contribution in [3.8, 4) is 0 Å². The second-order valence-electron chi connectivity index (χ2n) is 4.53. The minimum absolute atomic E-state index is 0. The fourth-order valence-electron chi connectivity index (χ4n) is 1.04. The highest BCUT2D eigenvalue weighted by atomic mass is 15.3. The van der Waals surface area contributed by atoms with Crippen LogP contribution in [0.5, 0.6) is 0 Å². The van der Waals surface area contributed by atoms with Crippen molar-refractivity contribution in [2.24, 2.45) is 0 Å². The van der Waals surface area contributed by atoms with Gasteiger partial charge in [-0.3, -0.25) is 10.5 Å². The van der Waals surface area contributed by atoms with E-state index >= 15 is 0 Å². The molecule has 1 heterocycles. The van der Waals surface area contributed by atoms with E-state index in [1.165, 1.54) is 0 Å². The lowest BCUT2D eigenvalue weighted by molar-refractivity contribution is 0.567. The van der Waals surface area contributed by atoms with Crippen LogP contribution in [0.25, 0.3) is 0 Å². The van der Waals surface area contributed by atoms with Gasteiger partial charge in [-0.1, -0.05) is 28.2 Å². The molecular weight excluding hydrogens is 188 g/mol. The topological polar surface area (TPSA) is 55.8 Å². The Hall–Kier alpha value is -1.32. The molecule has 0 atom stereocenters. The Balaban J connectivity index is 0.00000196. The molecule has 2 N–H and O–H groups in total. The third kappa shape index (κ3) is 3.08. The summed E-state index contributed by atoms with van der Waals surface area (Å²) in [6.07, 6.45) is 0. The number of H-pyrrole nitrogens is 1. The first kappa shape index (κ1) is 13.7. The Morgan fingerprint density at radius 1 is 1.47 bits per heavy atom. The van der Waals surface area contributed by atoms with E-state index in [-0.39, 0.29) is 12.8 Å². The van der Waals surface area contributed by atoms with Gasteiger partial charge in [0.1, 0.15) is 0 Å². The standard InChI is InChI=1S/C10H18N4.CH4/c1-7(11)14(5)9-6-8(12-13-9)10(2,3)4;/h6,11H,1-5H3,(H,12,13);1H4. The Morgan fingerprint density at radius 3 is 2.33 bits per heavy atom. The first-order chi connectivity index (χ1) is 6.32. The quantitative estimate of drug-likeness (QED) is 0.553. The molecule has 0 radical (unpaired) electrons. The summed E-state index contributed by atoms with van der Waals surface area (Å²) in [5.41, 5.74) is 1.16. The Bertz CT molecular complexity index is 333. The molecule has 0 fully saturated rings. The third-order valence-electron chi connectivity index (χ3n) is 2.22. The second-order valence-corrected chi connectivity index (χ2v) is 4.53. The van der Waals surface area contributed by atoms with Gasteiger partial charge in [0.2, 0.25) is 0 Å². The molecule has 0 aliphatic carbocycles. The summed E-state index contributed by atoms with van der Waals surface area (Å²) in [4.78, 5) is 1.74. The number of hydrogen-bond acceptors (Lipinski definition) is 2. The number of rotatable bonds is 1. The maximum absolute atomic E-state index is 7.48. The lowest BCUT2D eigenvalue weighted by Gasteiger charge is -2.15. The van der Waals surface area contributed by atoms with Gasteiger partial charge in [0.15, 0.2) is 5.82 Å². The molecule has 0 amide bonds. The summed E-state index contributed by atoms with van der Waals surface area (Å²) < 4.78 is 0. The van der Waals surface area contributed by atoms with E-state index in [2.05, 4.69) is 31.0 Å². The molecule has 0 aromatic carbocycles. The first-order valence-electron chi connectivity index (χ1n) is 4.67. The van der Waals surface area contributed by atoms with Crippen molar-refractivity contribution in [2.45, 2.75) is 40.5 Å². The lowest BCUT2D eigenvalue weighted by atomic mass is 9.92. The van der Waals surface area contributed by atoms with Gasteiger partial charge in [-0.05, 0) is 6.92 Å². The van der Waals surface area contributed by atoms with Crippen LogP contribution >= 0.6 is 0 Å². The molecule has 0 aliphatic heterocycles. The van der Waals surface area contributed by atoms with E-state index in [0.29, 0.717) is 5.84 Å². The highest BCUT2D eigenvalue weighted by Crippen LogP contribution is 2.23. The zero-order valence-corrected chi connectivity index (χ0v) is 9.47. The van der Waals surface area contributed by atoms with Gasteiger partial charge in [-0.15, -0.1) is 0 Å². The highest BCUT2D eigenvalue weighted by Gasteiger charge is 2.18. The van der Waals surface area contributed by atoms with Crippen molar-refractivity contribution in [3.63, 3.8) is 0 Å². The number of hydrogen-bond donors (Lipinski definition) is 2. The van der Waals surface area contributed by atoms with E-state index in [1.807, 2.05) is 13.1 Å². The lowest BCUT2D eigenvalue weighted by Crippen LogP contribution is -2.22. The molecule has 1 aromatic rings. The van der Waals surface area contributed by atoms with Crippen molar-refractivity contribution >= 4 is 11.7 Å². The molecule has 0 bridgehead atoms. The van der Waals surface area contributed by atoms with Crippen LogP contribution < -0.4 is 4.90 Å². The Kier molecular flexibility index (Phi) is 4.07. The Morgan fingerprint density at radius 2 is 2.00 bits per heavy atom. The molecule has 4 heteroatoms. The van der Waals surface area contributed by atoms with Crippen LogP contribution in [0.3, 0.4) is 0 Å².